The molecule has 1 aliphatic rings. The summed E-state index contributed by atoms with van der Waals surface area (Å²) in [5, 5.41) is 0. The van der Waals surface area contributed by atoms with Crippen LogP contribution in [0.25, 0.3) is 0 Å². The second-order valence-electron chi connectivity index (χ2n) is 2.75. The van der Waals surface area contributed by atoms with Gasteiger partial charge in [-0.15, -0.1) is 0 Å². The molecule has 1 aliphatic heterocycles. The molecule has 1 unspecified atom stereocenters. The van der Waals surface area contributed by atoms with Crippen molar-refractivity contribution in [2.75, 3.05) is 6.54 Å². The normalized spacial score (nSPS) is 26.6. The Balaban J connectivity index is 2.23. The first-order valence-electron chi connectivity index (χ1n) is 3.93. The molecule has 0 fully saturated rings. The van der Waals surface area contributed by atoms with E-state index in [1.165, 1.54) is 25.7 Å². The zero-order chi connectivity index (χ0) is 6.53. The van der Waals surface area contributed by atoms with Gasteiger partial charge in [0.15, 0.2) is 0 Å². The summed E-state index contributed by atoms with van der Waals surface area (Å²) in [6.45, 7) is 3.31. The monoisotopic (exact) mass is 125 g/mol. The molecule has 0 aliphatic carbocycles. The maximum atomic E-state index is 4.25. The smallest absolute Gasteiger partial charge is 0.0385 e. The lowest BCUT2D eigenvalue weighted by molar-refractivity contribution is 0.536. The summed E-state index contributed by atoms with van der Waals surface area (Å²) < 4.78 is 0. The Morgan fingerprint density at radius 3 is 3.11 bits per heavy atom. The van der Waals surface area contributed by atoms with Crippen LogP contribution in [0.2, 0.25) is 0 Å². The highest BCUT2D eigenvalue weighted by atomic mass is 14.7. The van der Waals surface area contributed by atoms with E-state index in [4.69, 9.17) is 0 Å². The van der Waals surface area contributed by atoms with Crippen molar-refractivity contribution in [3.8, 4) is 0 Å². The standard InChI is InChI=1S/C8H15N/c1-2-4-8-5-3-6-9-7-8/h7-8H,2-6H2,1H3. The maximum Gasteiger partial charge on any atom is 0.0385 e. The van der Waals surface area contributed by atoms with Crippen molar-refractivity contribution in [2.45, 2.75) is 32.6 Å². The number of aliphatic imine (C=N–C) groups is 1. The van der Waals surface area contributed by atoms with Crippen molar-refractivity contribution in [3.63, 3.8) is 0 Å². The molecular weight excluding hydrogens is 110 g/mol. The zero-order valence-corrected chi connectivity index (χ0v) is 6.14. The number of rotatable bonds is 2. The molecule has 0 aromatic heterocycles. The quantitative estimate of drug-likeness (QED) is 0.537. The molecule has 1 heteroatoms. The minimum atomic E-state index is 0.809. The van der Waals surface area contributed by atoms with E-state index in [2.05, 4.69) is 18.1 Å². The highest BCUT2D eigenvalue weighted by molar-refractivity contribution is 5.61. The SMILES string of the molecule is CCCC1C=NCCC1. The molecule has 52 valence electrons. The third kappa shape index (κ3) is 2.17. The minimum absolute atomic E-state index is 0.809. The molecule has 0 amide bonds. The summed E-state index contributed by atoms with van der Waals surface area (Å²) in [6.07, 6.45) is 7.46. The number of hydrogen-bond acceptors (Lipinski definition) is 1. The van der Waals surface area contributed by atoms with Crippen LogP contribution in [-0.4, -0.2) is 12.8 Å². The van der Waals surface area contributed by atoms with Crippen molar-refractivity contribution in [1.82, 2.24) is 0 Å². The zero-order valence-electron chi connectivity index (χ0n) is 6.14. The average Bonchev–Trinajstić information content (AvgIpc) is 1.91. The molecule has 0 bridgehead atoms. The summed E-state index contributed by atoms with van der Waals surface area (Å²) in [4.78, 5) is 4.25. The lowest BCUT2D eigenvalue weighted by Gasteiger charge is -2.13. The predicted molar refractivity (Wildman–Crippen MR) is 41.0 cm³/mol. The highest BCUT2D eigenvalue weighted by Crippen LogP contribution is 2.14. The fourth-order valence-electron chi connectivity index (χ4n) is 1.33. The van der Waals surface area contributed by atoms with Gasteiger partial charge in [-0.05, 0) is 25.2 Å². The summed E-state index contributed by atoms with van der Waals surface area (Å²) >= 11 is 0. The second kappa shape index (κ2) is 3.65. The van der Waals surface area contributed by atoms with Crippen LogP contribution < -0.4 is 0 Å². The summed E-state index contributed by atoms with van der Waals surface area (Å²) in [6, 6.07) is 0. The van der Waals surface area contributed by atoms with E-state index in [9.17, 15) is 0 Å². The molecule has 0 aromatic carbocycles. The fourth-order valence-corrected chi connectivity index (χ4v) is 1.33. The van der Waals surface area contributed by atoms with Crippen LogP contribution in [0.3, 0.4) is 0 Å². The summed E-state index contributed by atoms with van der Waals surface area (Å²) in [5.74, 6) is 0.809. The Labute approximate surface area is 57.2 Å². The first-order valence-corrected chi connectivity index (χ1v) is 3.93. The van der Waals surface area contributed by atoms with E-state index >= 15 is 0 Å². The van der Waals surface area contributed by atoms with Crippen LogP contribution in [0.1, 0.15) is 32.6 Å². The topological polar surface area (TPSA) is 12.4 Å². The minimum Gasteiger partial charge on any atom is -0.297 e. The van der Waals surface area contributed by atoms with Gasteiger partial charge in [0.25, 0.3) is 0 Å². The Hall–Kier alpha value is -0.330. The van der Waals surface area contributed by atoms with Crippen molar-refractivity contribution >= 4 is 6.21 Å². The van der Waals surface area contributed by atoms with Crippen LogP contribution in [0.4, 0.5) is 0 Å². The lowest BCUT2D eigenvalue weighted by atomic mass is 9.97. The molecule has 0 N–H and O–H groups in total. The fraction of sp³-hybridized carbons (Fsp3) is 0.875. The Kier molecular flexibility index (Phi) is 2.75. The molecule has 1 nitrogen and oxygen atoms in total. The van der Waals surface area contributed by atoms with E-state index < -0.39 is 0 Å². The van der Waals surface area contributed by atoms with Gasteiger partial charge in [0, 0.05) is 12.8 Å². The van der Waals surface area contributed by atoms with E-state index in [0.717, 1.165) is 12.5 Å². The van der Waals surface area contributed by atoms with E-state index in [0.29, 0.717) is 0 Å². The maximum absolute atomic E-state index is 4.25. The molecule has 1 heterocycles. The number of nitrogens with zero attached hydrogens (tertiary/aromatic N) is 1. The Bertz CT molecular complexity index is 96.7. The molecule has 0 saturated heterocycles. The first kappa shape index (κ1) is 6.79. The first-order chi connectivity index (χ1) is 4.43. The molecule has 0 aromatic rings. The predicted octanol–water partition coefficient (Wildman–Crippen LogP) is 2.27. The molecule has 0 spiro atoms. The Morgan fingerprint density at radius 1 is 1.67 bits per heavy atom. The molecule has 9 heavy (non-hydrogen) atoms. The van der Waals surface area contributed by atoms with Crippen LogP contribution >= 0.6 is 0 Å². The van der Waals surface area contributed by atoms with Gasteiger partial charge in [0.2, 0.25) is 0 Å². The Morgan fingerprint density at radius 2 is 2.56 bits per heavy atom. The van der Waals surface area contributed by atoms with Gasteiger partial charge in [0.1, 0.15) is 0 Å². The molecular formula is C8H15N. The lowest BCUT2D eigenvalue weighted by Crippen LogP contribution is -2.07. The van der Waals surface area contributed by atoms with Gasteiger partial charge in [-0.1, -0.05) is 13.3 Å². The van der Waals surface area contributed by atoms with Gasteiger partial charge in [-0.2, -0.15) is 0 Å². The highest BCUT2D eigenvalue weighted by Gasteiger charge is 2.06. The van der Waals surface area contributed by atoms with Crippen LogP contribution in [-0.2, 0) is 0 Å². The van der Waals surface area contributed by atoms with Gasteiger partial charge >= 0.3 is 0 Å². The van der Waals surface area contributed by atoms with Crippen LogP contribution in [0, 0.1) is 5.92 Å². The van der Waals surface area contributed by atoms with Gasteiger partial charge < -0.3 is 0 Å². The third-order valence-corrected chi connectivity index (χ3v) is 1.84. The second-order valence-corrected chi connectivity index (χ2v) is 2.75. The van der Waals surface area contributed by atoms with Crippen molar-refractivity contribution in [1.29, 1.82) is 0 Å². The molecule has 1 rings (SSSR count). The van der Waals surface area contributed by atoms with E-state index in [1.807, 2.05) is 0 Å². The van der Waals surface area contributed by atoms with Gasteiger partial charge in [-0.3, -0.25) is 4.99 Å². The largest absolute Gasteiger partial charge is 0.297 e. The molecule has 1 atom stereocenters. The van der Waals surface area contributed by atoms with Crippen molar-refractivity contribution in [2.24, 2.45) is 10.9 Å². The average molecular weight is 125 g/mol. The van der Waals surface area contributed by atoms with Gasteiger partial charge in [-0.25, -0.2) is 0 Å². The molecule has 0 radical (unpaired) electrons. The van der Waals surface area contributed by atoms with Crippen molar-refractivity contribution in [3.05, 3.63) is 0 Å². The van der Waals surface area contributed by atoms with E-state index in [1.54, 1.807) is 0 Å². The summed E-state index contributed by atoms with van der Waals surface area (Å²) in [7, 11) is 0. The third-order valence-electron chi connectivity index (χ3n) is 1.84. The van der Waals surface area contributed by atoms with E-state index in [-0.39, 0.29) is 0 Å². The molecule has 0 saturated carbocycles. The van der Waals surface area contributed by atoms with Crippen LogP contribution in [0.15, 0.2) is 4.99 Å². The van der Waals surface area contributed by atoms with Crippen molar-refractivity contribution < 1.29 is 0 Å². The number of hydrogen-bond donors (Lipinski definition) is 0. The van der Waals surface area contributed by atoms with Gasteiger partial charge in [0.05, 0.1) is 0 Å². The van der Waals surface area contributed by atoms with Crippen LogP contribution in [0.5, 0.6) is 0 Å². The summed E-state index contributed by atoms with van der Waals surface area (Å²) in [5.41, 5.74) is 0.